The van der Waals surface area contributed by atoms with Gasteiger partial charge in [0.1, 0.15) is 11.6 Å². The standard InChI is InChI=1S/C19H13ClFNO4S2/c1-10(18(24)25)26-13-5-2-11(3-6-13)8-16-17(23)22(19(27)28-16)12-4-7-15(21)14(20)9-12/h2-10H,1H3,(H,24,25)/b16-8+. The molecule has 1 N–H and O–H groups in total. The number of carbonyl (C=O) groups is 2. The van der Waals surface area contributed by atoms with E-state index in [-0.39, 0.29) is 10.9 Å². The van der Waals surface area contributed by atoms with E-state index in [1.54, 1.807) is 30.3 Å². The van der Waals surface area contributed by atoms with Crippen molar-refractivity contribution in [3.05, 3.63) is 63.8 Å². The molecule has 2 aromatic rings. The van der Waals surface area contributed by atoms with E-state index >= 15 is 0 Å². The number of carbonyl (C=O) groups excluding carboxylic acids is 1. The minimum atomic E-state index is -1.06. The van der Waals surface area contributed by atoms with Gasteiger partial charge in [-0.3, -0.25) is 9.69 Å². The molecular formula is C19H13ClFNO4S2. The Balaban J connectivity index is 1.79. The van der Waals surface area contributed by atoms with E-state index in [0.29, 0.717) is 26.2 Å². The molecular weight excluding hydrogens is 425 g/mol. The van der Waals surface area contributed by atoms with Crippen molar-refractivity contribution in [2.45, 2.75) is 13.0 Å². The summed E-state index contributed by atoms with van der Waals surface area (Å²) in [6, 6.07) is 10.6. The molecule has 144 valence electrons. The smallest absolute Gasteiger partial charge is 0.344 e. The number of thioether (sulfide) groups is 1. The number of nitrogens with zero attached hydrogens (tertiary/aromatic N) is 1. The summed E-state index contributed by atoms with van der Waals surface area (Å²) >= 11 is 12.2. The Bertz CT molecular complexity index is 994. The average molecular weight is 438 g/mol. The minimum absolute atomic E-state index is 0.0956. The van der Waals surface area contributed by atoms with Crippen LogP contribution in [0.15, 0.2) is 47.4 Å². The number of carboxylic acids is 1. The Kier molecular flexibility index (Phi) is 6.02. The van der Waals surface area contributed by atoms with Crippen molar-refractivity contribution >= 4 is 63.5 Å². The number of benzene rings is 2. The number of carboxylic acid groups (broad SMARTS) is 1. The first-order valence-electron chi connectivity index (χ1n) is 7.99. The normalized spacial score (nSPS) is 16.5. The molecule has 1 atom stereocenters. The number of aliphatic carboxylic acids is 1. The zero-order chi connectivity index (χ0) is 20.4. The van der Waals surface area contributed by atoms with Crippen LogP contribution in [0, 0.1) is 5.82 Å². The van der Waals surface area contributed by atoms with Crippen molar-refractivity contribution < 1.29 is 23.8 Å². The van der Waals surface area contributed by atoms with Crippen molar-refractivity contribution in [3.8, 4) is 5.75 Å². The number of amides is 1. The monoisotopic (exact) mass is 437 g/mol. The molecule has 0 aliphatic carbocycles. The molecule has 0 spiro atoms. The molecule has 0 aromatic heterocycles. The third-order valence-electron chi connectivity index (χ3n) is 3.79. The van der Waals surface area contributed by atoms with Crippen LogP contribution in [-0.2, 0) is 9.59 Å². The number of hydrogen-bond donors (Lipinski definition) is 1. The van der Waals surface area contributed by atoms with Crippen molar-refractivity contribution in [1.82, 2.24) is 0 Å². The molecule has 0 bridgehead atoms. The first kappa shape index (κ1) is 20.3. The topological polar surface area (TPSA) is 66.8 Å². The highest BCUT2D eigenvalue weighted by atomic mass is 35.5. The number of halogens is 2. The van der Waals surface area contributed by atoms with Gasteiger partial charge in [-0.05, 0) is 48.9 Å². The van der Waals surface area contributed by atoms with Crippen LogP contribution in [0.3, 0.4) is 0 Å². The van der Waals surface area contributed by atoms with Gasteiger partial charge in [-0.1, -0.05) is 47.7 Å². The van der Waals surface area contributed by atoms with Crippen LogP contribution < -0.4 is 9.64 Å². The highest BCUT2D eigenvalue weighted by Gasteiger charge is 2.33. The lowest BCUT2D eigenvalue weighted by Crippen LogP contribution is -2.27. The third-order valence-corrected chi connectivity index (χ3v) is 5.39. The van der Waals surface area contributed by atoms with Gasteiger partial charge in [-0.15, -0.1) is 0 Å². The lowest BCUT2D eigenvalue weighted by molar-refractivity contribution is -0.144. The SMILES string of the molecule is CC(Oc1ccc(/C=C2/SC(=S)N(c3ccc(F)c(Cl)c3)C2=O)cc1)C(=O)O. The molecule has 1 heterocycles. The van der Waals surface area contributed by atoms with Gasteiger partial charge in [0.2, 0.25) is 0 Å². The van der Waals surface area contributed by atoms with Crippen LogP contribution in [0.5, 0.6) is 5.75 Å². The molecule has 9 heteroatoms. The zero-order valence-corrected chi connectivity index (χ0v) is 16.8. The number of thiocarbonyl (C=S) groups is 1. The van der Waals surface area contributed by atoms with Gasteiger partial charge < -0.3 is 9.84 Å². The van der Waals surface area contributed by atoms with Crippen molar-refractivity contribution in [2.75, 3.05) is 4.90 Å². The summed E-state index contributed by atoms with van der Waals surface area (Å²) in [6.45, 7) is 1.43. The molecule has 28 heavy (non-hydrogen) atoms. The highest BCUT2D eigenvalue weighted by Crippen LogP contribution is 2.37. The van der Waals surface area contributed by atoms with Crippen molar-refractivity contribution in [2.24, 2.45) is 0 Å². The molecule has 2 aromatic carbocycles. The van der Waals surface area contributed by atoms with E-state index in [0.717, 1.165) is 11.8 Å². The second kappa shape index (κ2) is 8.30. The van der Waals surface area contributed by atoms with E-state index < -0.39 is 17.9 Å². The Morgan fingerprint density at radius 2 is 2.00 bits per heavy atom. The lowest BCUT2D eigenvalue weighted by Gasteiger charge is -2.14. The summed E-state index contributed by atoms with van der Waals surface area (Å²) in [5.74, 6) is -1.57. The number of ether oxygens (including phenoxy) is 1. The first-order chi connectivity index (χ1) is 13.3. The van der Waals surface area contributed by atoms with E-state index in [1.165, 1.54) is 30.0 Å². The Hall–Kier alpha value is -2.42. The van der Waals surface area contributed by atoms with Gasteiger partial charge in [0.05, 0.1) is 15.6 Å². The molecule has 1 aliphatic rings. The van der Waals surface area contributed by atoms with Crippen molar-refractivity contribution in [3.63, 3.8) is 0 Å². The Labute approximate surface area is 174 Å². The van der Waals surface area contributed by atoms with Gasteiger partial charge in [0, 0.05) is 0 Å². The second-order valence-electron chi connectivity index (χ2n) is 5.78. The van der Waals surface area contributed by atoms with Crippen LogP contribution in [0.1, 0.15) is 12.5 Å². The second-order valence-corrected chi connectivity index (χ2v) is 7.87. The van der Waals surface area contributed by atoms with Gasteiger partial charge in [0.15, 0.2) is 10.4 Å². The van der Waals surface area contributed by atoms with Gasteiger partial charge in [-0.25, -0.2) is 9.18 Å². The average Bonchev–Trinajstić information content (AvgIpc) is 2.92. The fraction of sp³-hybridized carbons (Fsp3) is 0.105. The predicted octanol–water partition coefficient (Wildman–Crippen LogP) is 4.74. The molecule has 3 rings (SSSR count). The van der Waals surface area contributed by atoms with Crippen LogP contribution in [0.25, 0.3) is 6.08 Å². The molecule has 1 saturated heterocycles. The molecule has 5 nitrogen and oxygen atoms in total. The summed E-state index contributed by atoms with van der Waals surface area (Å²) in [5.41, 5.74) is 1.11. The molecule has 0 radical (unpaired) electrons. The van der Waals surface area contributed by atoms with Crippen LogP contribution in [0.2, 0.25) is 5.02 Å². The summed E-state index contributed by atoms with van der Waals surface area (Å²) in [4.78, 5) is 25.3. The Morgan fingerprint density at radius 1 is 1.32 bits per heavy atom. The third kappa shape index (κ3) is 4.35. The molecule has 1 unspecified atom stereocenters. The quantitative estimate of drug-likeness (QED) is 0.538. The highest BCUT2D eigenvalue weighted by molar-refractivity contribution is 8.27. The summed E-state index contributed by atoms with van der Waals surface area (Å²) in [7, 11) is 0. The zero-order valence-electron chi connectivity index (χ0n) is 14.4. The largest absolute Gasteiger partial charge is 0.479 e. The fourth-order valence-corrected chi connectivity index (χ4v) is 3.84. The fourth-order valence-electron chi connectivity index (χ4n) is 2.36. The number of hydrogen-bond acceptors (Lipinski definition) is 5. The summed E-state index contributed by atoms with van der Waals surface area (Å²) in [5, 5.41) is 8.78. The van der Waals surface area contributed by atoms with Crippen molar-refractivity contribution in [1.29, 1.82) is 0 Å². The van der Waals surface area contributed by atoms with Gasteiger partial charge >= 0.3 is 5.97 Å². The maximum atomic E-state index is 13.4. The van der Waals surface area contributed by atoms with E-state index in [4.69, 9.17) is 33.7 Å². The van der Waals surface area contributed by atoms with Crippen LogP contribution in [0.4, 0.5) is 10.1 Å². The number of anilines is 1. The van der Waals surface area contributed by atoms with Crippen LogP contribution >= 0.6 is 35.6 Å². The summed E-state index contributed by atoms with van der Waals surface area (Å²) < 4.78 is 19.0. The lowest BCUT2D eigenvalue weighted by atomic mass is 10.2. The first-order valence-corrected chi connectivity index (χ1v) is 9.59. The van der Waals surface area contributed by atoms with E-state index in [2.05, 4.69) is 0 Å². The molecule has 1 amide bonds. The molecule has 0 saturated carbocycles. The summed E-state index contributed by atoms with van der Waals surface area (Å²) in [6.07, 6.45) is 0.694. The van der Waals surface area contributed by atoms with E-state index in [9.17, 15) is 14.0 Å². The van der Waals surface area contributed by atoms with Crippen LogP contribution in [-0.4, -0.2) is 27.4 Å². The number of rotatable bonds is 5. The maximum absolute atomic E-state index is 13.4. The van der Waals surface area contributed by atoms with Gasteiger partial charge in [-0.2, -0.15) is 0 Å². The van der Waals surface area contributed by atoms with Gasteiger partial charge in [0.25, 0.3) is 5.91 Å². The Morgan fingerprint density at radius 3 is 2.61 bits per heavy atom. The predicted molar refractivity (Wildman–Crippen MR) is 111 cm³/mol. The minimum Gasteiger partial charge on any atom is -0.479 e. The van der Waals surface area contributed by atoms with E-state index in [1.807, 2.05) is 0 Å². The molecule has 1 aliphatic heterocycles. The molecule has 1 fully saturated rings. The maximum Gasteiger partial charge on any atom is 0.344 e.